The van der Waals surface area contributed by atoms with Crippen LogP contribution in [0.5, 0.6) is 0 Å². The first-order chi connectivity index (χ1) is 14.2. The monoisotopic (exact) mass is 395 g/mol. The summed E-state index contributed by atoms with van der Waals surface area (Å²) >= 11 is 0. The zero-order valence-corrected chi connectivity index (χ0v) is 17.3. The summed E-state index contributed by atoms with van der Waals surface area (Å²) in [5.74, 6) is -0.722. The molecular weight excluding hydrogens is 362 g/mol. The standard InChI is InChI=1S/C24H33N3O2/c1-2-21-24(25-16-15-19-10-5-3-6-11-19)27(17-9-14-23(28)29)18-22(26-21)20-12-7-4-8-13-20/h3-8,10-13,21-22,24-26H,2,9,14-18H2,1H3,(H,28,29). The molecule has 1 fully saturated rings. The Labute approximate surface area is 174 Å². The van der Waals surface area contributed by atoms with Crippen molar-refractivity contribution in [2.24, 2.45) is 0 Å². The van der Waals surface area contributed by atoms with Gasteiger partial charge < -0.3 is 15.7 Å². The third-order valence-corrected chi connectivity index (χ3v) is 5.69. The molecule has 5 nitrogen and oxygen atoms in total. The minimum absolute atomic E-state index is 0.206. The molecule has 1 saturated heterocycles. The number of carboxylic acid groups (broad SMARTS) is 1. The number of piperazine rings is 1. The minimum atomic E-state index is -0.722. The van der Waals surface area contributed by atoms with E-state index in [1.165, 1.54) is 11.1 Å². The average Bonchev–Trinajstić information content (AvgIpc) is 2.75. The van der Waals surface area contributed by atoms with E-state index in [9.17, 15) is 4.79 Å². The predicted molar refractivity (Wildman–Crippen MR) is 117 cm³/mol. The lowest BCUT2D eigenvalue weighted by molar-refractivity contribution is -0.137. The lowest BCUT2D eigenvalue weighted by Gasteiger charge is -2.46. The van der Waals surface area contributed by atoms with Crippen molar-refractivity contribution in [2.75, 3.05) is 19.6 Å². The van der Waals surface area contributed by atoms with Crippen molar-refractivity contribution in [1.29, 1.82) is 0 Å². The second-order valence-electron chi connectivity index (χ2n) is 7.77. The van der Waals surface area contributed by atoms with E-state index in [1.54, 1.807) is 0 Å². The van der Waals surface area contributed by atoms with Crippen molar-refractivity contribution in [1.82, 2.24) is 15.5 Å². The Morgan fingerprint density at radius 3 is 2.48 bits per heavy atom. The molecule has 0 radical (unpaired) electrons. The summed E-state index contributed by atoms with van der Waals surface area (Å²) in [6.07, 6.45) is 3.09. The molecule has 156 valence electrons. The fourth-order valence-electron chi connectivity index (χ4n) is 4.18. The zero-order valence-electron chi connectivity index (χ0n) is 17.3. The number of carboxylic acids is 1. The third-order valence-electron chi connectivity index (χ3n) is 5.69. The molecule has 0 aliphatic carbocycles. The molecule has 0 aromatic heterocycles. The molecule has 0 saturated carbocycles. The highest BCUT2D eigenvalue weighted by atomic mass is 16.4. The number of aliphatic carboxylic acids is 1. The second kappa shape index (κ2) is 11.1. The molecule has 1 heterocycles. The number of carbonyl (C=O) groups is 1. The summed E-state index contributed by atoms with van der Waals surface area (Å²) in [6, 6.07) is 21.6. The lowest BCUT2D eigenvalue weighted by atomic mass is 9.97. The summed E-state index contributed by atoms with van der Waals surface area (Å²) in [7, 11) is 0. The van der Waals surface area contributed by atoms with E-state index in [0.29, 0.717) is 12.5 Å². The van der Waals surface area contributed by atoms with Crippen LogP contribution < -0.4 is 10.6 Å². The van der Waals surface area contributed by atoms with Crippen LogP contribution in [0.2, 0.25) is 0 Å². The van der Waals surface area contributed by atoms with Gasteiger partial charge in [0.1, 0.15) is 0 Å². The molecule has 3 unspecified atom stereocenters. The van der Waals surface area contributed by atoms with Crippen molar-refractivity contribution < 1.29 is 9.90 Å². The number of nitrogens with one attached hydrogen (secondary N) is 2. The number of rotatable bonds is 10. The summed E-state index contributed by atoms with van der Waals surface area (Å²) in [4.78, 5) is 13.5. The van der Waals surface area contributed by atoms with E-state index in [1.807, 2.05) is 12.1 Å². The van der Waals surface area contributed by atoms with E-state index in [-0.39, 0.29) is 18.6 Å². The van der Waals surface area contributed by atoms with Gasteiger partial charge in [0.05, 0.1) is 6.17 Å². The Morgan fingerprint density at radius 2 is 1.83 bits per heavy atom. The van der Waals surface area contributed by atoms with Crippen molar-refractivity contribution in [3.8, 4) is 0 Å². The molecule has 1 aliphatic heterocycles. The molecule has 29 heavy (non-hydrogen) atoms. The quantitative estimate of drug-likeness (QED) is 0.575. The first kappa shape index (κ1) is 21.5. The average molecular weight is 396 g/mol. The molecule has 3 atom stereocenters. The van der Waals surface area contributed by atoms with Crippen LogP contribution in [0.1, 0.15) is 43.4 Å². The Bertz CT molecular complexity index is 738. The number of nitrogens with zero attached hydrogens (tertiary/aromatic N) is 1. The molecule has 3 rings (SSSR count). The number of hydrogen-bond acceptors (Lipinski definition) is 4. The Kier molecular flexibility index (Phi) is 8.23. The van der Waals surface area contributed by atoms with Gasteiger partial charge in [-0.1, -0.05) is 67.6 Å². The summed E-state index contributed by atoms with van der Waals surface area (Å²) < 4.78 is 0. The molecule has 5 heteroatoms. The van der Waals surface area contributed by atoms with Crippen molar-refractivity contribution in [3.05, 3.63) is 71.8 Å². The molecule has 2 aromatic carbocycles. The summed E-state index contributed by atoms with van der Waals surface area (Å²) in [6.45, 7) is 4.78. The van der Waals surface area contributed by atoms with Gasteiger partial charge in [0.2, 0.25) is 0 Å². The van der Waals surface area contributed by atoms with Crippen LogP contribution in [0.3, 0.4) is 0 Å². The molecular formula is C24H33N3O2. The van der Waals surface area contributed by atoms with Gasteiger partial charge in [-0.2, -0.15) is 0 Å². The van der Waals surface area contributed by atoms with Gasteiger partial charge in [-0.25, -0.2) is 0 Å². The predicted octanol–water partition coefficient (Wildman–Crippen LogP) is 3.43. The van der Waals surface area contributed by atoms with Crippen LogP contribution in [0.15, 0.2) is 60.7 Å². The highest BCUT2D eigenvalue weighted by Gasteiger charge is 2.34. The minimum Gasteiger partial charge on any atom is -0.481 e. The first-order valence-corrected chi connectivity index (χ1v) is 10.7. The molecule has 0 amide bonds. The summed E-state index contributed by atoms with van der Waals surface area (Å²) in [5.41, 5.74) is 2.62. The Hall–Kier alpha value is -2.21. The highest BCUT2D eigenvalue weighted by Crippen LogP contribution is 2.24. The van der Waals surface area contributed by atoms with Crippen molar-refractivity contribution >= 4 is 5.97 Å². The van der Waals surface area contributed by atoms with Crippen LogP contribution in [0.4, 0.5) is 0 Å². The number of hydrogen-bond donors (Lipinski definition) is 3. The number of benzene rings is 2. The van der Waals surface area contributed by atoms with Crippen LogP contribution in [0, 0.1) is 0 Å². The fourth-order valence-corrected chi connectivity index (χ4v) is 4.18. The van der Waals surface area contributed by atoms with Crippen LogP contribution in [-0.2, 0) is 11.2 Å². The smallest absolute Gasteiger partial charge is 0.303 e. The summed E-state index contributed by atoms with van der Waals surface area (Å²) in [5, 5.41) is 16.6. The van der Waals surface area contributed by atoms with Gasteiger partial charge in [-0.05, 0) is 30.4 Å². The fraction of sp³-hybridized carbons (Fsp3) is 0.458. The Morgan fingerprint density at radius 1 is 1.14 bits per heavy atom. The van der Waals surface area contributed by atoms with Crippen LogP contribution in [0.25, 0.3) is 0 Å². The first-order valence-electron chi connectivity index (χ1n) is 10.7. The second-order valence-corrected chi connectivity index (χ2v) is 7.77. The van der Waals surface area contributed by atoms with E-state index < -0.39 is 5.97 Å². The van der Waals surface area contributed by atoms with E-state index in [0.717, 1.165) is 32.5 Å². The topological polar surface area (TPSA) is 64.6 Å². The largest absolute Gasteiger partial charge is 0.481 e. The van der Waals surface area contributed by atoms with Gasteiger partial charge in [0.25, 0.3) is 0 Å². The molecule has 0 spiro atoms. The molecule has 3 N–H and O–H groups in total. The van der Waals surface area contributed by atoms with E-state index in [2.05, 4.69) is 71.0 Å². The maximum Gasteiger partial charge on any atom is 0.303 e. The van der Waals surface area contributed by atoms with Gasteiger partial charge in [-0.15, -0.1) is 0 Å². The molecule has 1 aliphatic rings. The third kappa shape index (κ3) is 6.39. The molecule has 2 aromatic rings. The van der Waals surface area contributed by atoms with Crippen LogP contribution in [-0.4, -0.2) is 47.8 Å². The van der Waals surface area contributed by atoms with Gasteiger partial charge in [0.15, 0.2) is 0 Å². The lowest BCUT2D eigenvalue weighted by Crippen LogP contribution is -2.64. The maximum absolute atomic E-state index is 11.0. The van der Waals surface area contributed by atoms with Crippen molar-refractivity contribution in [3.63, 3.8) is 0 Å². The SMILES string of the molecule is CCC1NC(c2ccccc2)CN(CCCC(=O)O)C1NCCc1ccccc1. The van der Waals surface area contributed by atoms with Gasteiger partial charge in [0, 0.05) is 38.1 Å². The normalized spacial score (nSPS) is 22.4. The molecule has 0 bridgehead atoms. The van der Waals surface area contributed by atoms with Crippen LogP contribution >= 0.6 is 0 Å². The van der Waals surface area contributed by atoms with Crippen molar-refractivity contribution in [2.45, 2.75) is 50.9 Å². The van der Waals surface area contributed by atoms with Gasteiger partial charge in [-0.3, -0.25) is 9.69 Å². The highest BCUT2D eigenvalue weighted by molar-refractivity contribution is 5.66. The Balaban J connectivity index is 1.67. The zero-order chi connectivity index (χ0) is 20.5. The van der Waals surface area contributed by atoms with E-state index >= 15 is 0 Å². The maximum atomic E-state index is 11.0. The van der Waals surface area contributed by atoms with E-state index in [4.69, 9.17) is 5.11 Å². The van der Waals surface area contributed by atoms with Gasteiger partial charge >= 0.3 is 5.97 Å².